The number of carbonyl (C=O) groups is 1. The number of carbonyl (C=O) groups excluding carboxylic acids is 1. The molecule has 0 unspecified atom stereocenters. The third-order valence-electron chi connectivity index (χ3n) is 5.66. The fourth-order valence-corrected chi connectivity index (χ4v) is 3.67. The number of methoxy groups -OCH3 is 2. The molecule has 0 bridgehead atoms. The molecule has 8 heteroatoms. The molecular formula is C23H32N4O4. The van der Waals surface area contributed by atoms with E-state index in [1.165, 1.54) is 6.26 Å². The van der Waals surface area contributed by atoms with Gasteiger partial charge in [0.05, 0.1) is 20.5 Å². The van der Waals surface area contributed by atoms with Gasteiger partial charge in [-0.25, -0.2) is 0 Å². The smallest absolute Gasteiger partial charge is 0.289 e. The van der Waals surface area contributed by atoms with Crippen LogP contribution in [0.2, 0.25) is 0 Å². The Bertz CT molecular complexity index is 900. The maximum absolute atomic E-state index is 12.5. The monoisotopic (exact) mass is 428 g/mol. The number of aliphatic imine (C=N–C) groups is 1. The molecule has 2 aromatic rings. The van der Waals surface area contributed by atoms with Gasteiger partial charge in [0, 0.05) is 45.2 Å². The first-order valence-electron chi connectivity index (χ1n) is 10.4. The highest BCUT2D eigenvalue weighted by atomic mass is 16.5. The van der Waals surface area contributed by atoms with Gasteiger partial charge in [0.15, 0.2) is 23.2 Å². The molecule has 0 aliphatic carbocycles. The molecule has 31 heavy (non-hydrogen) atoms. The molecule has 1 amide bonds. The van der Waals surface area contributed by atoms with E-state index in [0.717, 1.165) is 17.3 Å². The number of nitrogens with one attached hydrogen (secondary N) is 1. The number of hydrogen-bond acceptors (Lipinski definition) is 5. The minimum atomic E-state index is -0.160. The number of furan rings is 1. The lowest BCUT2D eigenvalue weighted by atomic mass is 9.84. The van der Waals surface area contributed by atoms with Gasteiger partial charge in [-0.15, -0.1) is 0 Å². The van der Waals surface area contributed by atoms with E-state index in [1.54, 1.807) is 33.4 Å². The van der Waals surface area contributed by atoms with Crippen molar-refractivity contribution in [2.45, 2.75) is 19.3 Å². The molecule has 0 radical (unpaired) electrons. The zero-order valence-corrected chi connectivity index (χ0v) is 19.0. The first-order chi connectivity index (χ1) is 14.9. The number of rotatable bonds is 6. The lowest BCUT2D eigenvalue weighted by molar-refractivity contribution is 0.0657. The Morgan fingerprint density at radius 3 is 2.35 bits per heavy atom. The molecule has 2 heterocycles. The second kappa shape index (κ2) is 9.76. The summed E-state index contributed by atoms with van der Waals surface area (Å²) in [6.45, 7) is 7.72. The zero-order valence-electron chi connectivity index (χ0n) is 19.0. The molecule has 0 atom stereocenters. The first kappa shape index (κ1) is 22.5. The van der Waals surface area contributed by atoms with Crippen LogP contribution in [-0.2, 0) is 5.41 Å². The zero-order chi connectivity index (χ0) is 22.4. The predicted molar refractivity (Wildman–Crippen MR) is 120 cm³/mol. The Kier molecular flexibility index (Phi) is 7.09. The van der Waals surface area contributed by atoms with Crippen LogP contribution in [0.5, 0.6) is 11.5 Å². The Hall–Kier alpha value is -3.16. The Labute approximate surface area is 183 Å². The molecule has 1 aromatic heterocycles. The average molecular weight is 429 g/mol. The molecule has 1 saturated heterocycles. The molecule has 0 saturated carbocycles. The third kappa shape index (κ3) is 5.13. The van der Waals surface area contributed by atoms with Crippen LogP contribution in [-0.4, -0.2) is 75.7 Å². The molecule has 1 fully saturated rings. The van der Waals surface area contributed by atoms with E-state index < -0.39 is 0 Å². The van der Waals surface area contributed by atoms with Gasteiger partial charge in [-0.1, -0.05) is 19.9 Å². The van der Waals surface area contributed by atoms with Crippen LogP contribution in [0.1, 0.15) is 30.0 Å². The van der Waals surface area contributed by atoms with Gasteiger partial charge in [0.2, 0.25) is 0 Å². The van der Waals surface area contributed by atoms with E-state index >= 15 is 0 Å². The minimum Gasteiger partial charge on any atom is -0.493 e. The van der Waals surface area contributed by atoms with Crippen LogP contribution in [0.25, 0.3) is 0 Å². The summed E-state index contributed by atoms with van der Waals surface area (Å²) in [6, 6.07) is 9.44. The van der Waals surface area contributed by atoms with Crippen LogP contribution in [0.15, 0.2) is 46.0 Å². The molecule has 1 aliphatic rings. The molecule has 1 aromatic carbocycles. The van der Waals surface area contributed by atoms with Gasteiger partial charge in [0.25, 0.3) is 5.91 Å². The highest BCUT2D eigenvalue weighted by molar-refractivity contribution is 5.91. The maximum atomic E-state index is 12.5. The topological polar surface area (TPSA) is 79.5 Å². The lowest BCUT2D eigenvalue weighted by Gasteiger charge is -2.37. The van der Waals surface area contributed by atoms with E-state index in [1.807, 2.05) is 17.0 Å². The van der Waals surface area contributed by atoms with E-state index in [-0.39, 0.29) is 11.3 Å². The summed E-state index contributed by atoms with van der Waals surface area (Å²) < 4.78 is 16.0. The van der Waals surface area contributed by atoms with E-state index in [2.05, 4.69) is 35.1 Å². The van der Waals surface area contributed by atoms with Crippen molar-refractivity contribution in [3.63, 3.8) is 0 Å². The summed E-state index contributed by atoms with van der Waals surface area (Å²) in [5, 5.41) is 3.50. The SMILES string of the molecule is CN=C(NCC(C)(C)c1ccc(OC)c(OC)c1)N1CCN(C(=O)c2ccco2)CC1. The average Bonchev–Trinajstić information content (AvgIpc) is 3.34. The van der Waals surface area contributed by atoms with Gasteiger partial charge < -0.3 is 29.0 Å². The summed E-state index contributed by atoms with van der Waals surface area (Å²) in [4.78, 5) is 20.9. The normalized spacial score (nSPS) is 15.1. The molecule has 168 valence electrons. The number of piperazine rings is 1. The Balaban J connectivity index is 1.58. The summed E-state index contributed by atoms with van der Waals surface area (Å²) in [6.07, 6.45) is 1.52. The van der Waals surface area contributed by atoms with Crippen molar-refractivity contribution in [3.8, 4) is 11.5 Å². The fourth-order valence-electron chi connectivity index (χ4n) is 3.67. The molecule has 1 N–H and O–H groups in total. The van der Waals surface area contributed by atoms with Crippen molar-refractivity contribution in [2.75, 3.05) is 54.0 Å². The first-order valence-corrected chi connectivity index (χ1v) is 10.4. The van der Waals surface area contributed by atoms with E-state index in [0.29, 0.717) is 44.2 Å². The number of amides is 1. The largest absolute Gasteiger partial charge is 0.493 e. The van der Waals surface area contributed by atoms with Crippen molar-refractivity contribution >= 4 is 11.9 Å². The van der Waals surface area contributed by atoms with Gasteiger partial charge in [-0.3, -0.25) is 9.79 Å². The Morgan fingerprint density at radius 2 is 1.77 bits per heavy atom. The van der Waals surface area contributed by atoms with Crippen molar-refractivity contribution in [1.29, 1.82) is 0 Å². The molecular weight excluding hydrogens is 396 g/mol. The second-order valence-electron chi connectivity index (χ2n) is 8.11. The second-order valence-corrected chi connectivity index (χ2v) is 8.11. The number of nitrogens with zero attached hydrogens (tertiary/aromatic N) is 3. The van der Waals surface area contributed by atoms with Crippen molar-refractivity contribution in [3.05, 3.63) is 47.9 Å². The predicted octanol–water partition coefficient (Wildman–Crippen LogP) is 2.61. The standard InChI is InChI=1S/C23H32N4O4/c1-23(2,17-8-9-18(29-4)20(15-17)30-5)16-25-22(24-3)27-12-10-26(11-13-27)21(28)19-7-6-14-31-19/h6-9,14-15H,10-13,16H2,1-5H3,(H,24,25). The van der Waals surface area contributed by atoms with Crippen LogP contribution in [0.3, 0.4) is 0 Å². The summed E-state index contributed by atoms with van der Waals surface area (Å²) in [5.74, 6) is 2.58. The van der Waals surface area contributed by atoms with Crippen LogP contribution in [0.4, 0.5) is 0 Å². The van der Waals surface area contributed by atoms with Gasteiger partial charge in [0.1, 0.15) is 0 Å². The fraction of sp³-hybridized carbons (Fsp3) is 0.478. The van der Waals surface area contributed by atoms with Crippen molar-refractivity contribution in [1.82, 2.24) is 15.1 Å². The van der Waals surface area contributed by atoms with Crippen molar-refractivity contribution < 1.29 is 18.7 Å². The number of benzene rings is 1. The highest BCUT2D eigenvalue weighted by Crippen LogP contribution is 2.32. The number of hydrogen-bond donors (Lipinski definition) is 1. The van der Waals surface area contributed by atoms with E-state index in [4.69, 9.17) is 13.9 Å². The lowest BCUT2D eigenvalue weighted by Crippen LogP contribution is -2.54. The number of guanidine groups is 1. The van der Waals surface area contributed by atoms with Crippen LogP contribution in [0, 0.1) is 0 Å². The van der Waals surface area contributed by atoms with Gasteiger partial charge in [-0.05, 0) is 29.8 Å². The molecule has 3 rings (SSSR count). The van der Waals surface area contributed by atoms with Gasteiger partial charge in [-0.2, -0.15) is 0 Å². The number of ether oxygens (including phenoxy) is 2. The molecule has 8 nitrogen and oxygen atoms in total. The Morgan fingerprint density at radius 1 is 1.10 bits per heavy atom. The van der Waals surface area contributed by atoms with E-state index in [9.17, 15) is 4.79 Å². The van der Waals surface area contributed by atoms with Gasteiger partial charge >= 0.3 is 0 Å². The van der Waals surface area contributed by atoms with Crippen LogP contribution >= 0.6 is 0 Å². The molecule has 0 spiro atoms. The summed E-state index contributed by atoms with van der Waals surface area (Å²) in [7, 11) is 5.06. The summed E-state index contributed by atoms with van der Waals surface area (Å²) in [5.41, 5.74) is 0.981. The maximum Gasteiger partial charge on any atom is 0.289 e. The van der Waals surface area contributed by atoms with Crippen LogP contribution < -0.4 is 14.8 Å². The van der Waals surface area contributed by atoms with Crippen molar-refractivity contribution in [2.24, 2.45) is 4.99 Å². The highest BCUT2D eigenvalue weighted by Gasteiger charge is 2.27. The molecule has 1 aliphatic heterocycles. The minimum absolute atomic E-state index is 0.0674. The quantitative estimate of drug-likeness (QED) is 0.563. The third-order valence-corrected chi connectivity index (χ3v) is 5.66. The summed E-state index contributed by atoms with van der Waals surface area (Å²) >= 11 is 0.